The zero-order valence-electron chi connectivity index (χ0n) is 12.8. The van der Waals surface area contributed by atoms with Gasteiger partial charge in [0.15, 0.2) is 0 Å². The highest BCUT2D eigenvalue weighted by Gasteiger charge is 2.00. The molecule has 0 aliphatic carbocycles. The van der Waals surface area contributed by atoms with Gasteiger partial charge in [-0.15, -0.1) is 0 Å². The summed E-state index contributed by atoms with van der Waals surface area (Å²) >= 11 is 1.79. The van der Waals surface area contributed by atoms with E-state index in [2.05, 4.69) is 47.9 Å². The number of rotatable bonds is 11. The van der Waals surface area contributed by atoms with E-state index in [-0.39, 0.29) is 0 Å². The highest BCUT2D eigenvalue weighted by Crippen LogP contribution is 2.09. The smallest absolute Gasteiger partial charge is 0.0238 e. The van der Waals surface area contributed by atoms with Crippen LogP contribution in [0.1, 0.15) is 45.1 Å². The Hall–Kier alpha value is -0.380. The van der Waals surface area contributed by atoms with Gasteiger partial charge in [0.05, 0.1) is 0 Å². The predicted molar refractivity (Wildman–Crippen MR) is 86.8 cm³/mol. The third kappa shape index (κ3) is 9.20. The Morgan fingerprint density at radius 2 is 2.00 bits per heavy atom. The maximum absolute atomic E-state index is 3.50. The van der Waals surface area contributed by atoms with Crippen molar-refractivity contribution in [3.05, 3.63) is 22.4 Å². The van der Waals surface area contributed by atoms with Gasteiger partial charge in [-0.1, -0.05) is 26.7 Å². The molecule has 1 aromatic rings. The van der Waals surface area contributed by atoms with E-state index < -0.39 is 0 Å². The van der Waals surface area contributed by atoms with Crippen LogP contribution in [0.5, 0.6) is 0 Å². The van der Waals surface area contributed by atoms with Crippen LogP contribution < -0.4 is 5.32 Å². The molecule has 0 amide bonds. The van der Waals surface area contributed by atoms with Crippen LogP contribution in [0.2, 0.25) is 0 Å². The summed E-state index contributed by atoms with van der Waals surface area (Å²) in [5.41, 5.74) is 1.45. The molecule has 1 rings (SSSR count). The second kappa shape index (κ2) is 10.4. The minimum atomic E-state index is 0.769. The van der Waals surface area contributed by atoms with Crippen LogP contribution in [-0.2, 0) is 6.54 Å². The average Bonchev–Trinajstić information content (AvgIpc) is 2.85. The molecule has 0 aromatic carbocycles. The molecule has 1 heterocycles. The lowest BCUT2D eigenvalue weighted by molar-refractivity contribution is 0.317. The van der Waals surface area contributed by atoms with E-state index in [0.717, 1.165) is 19.0 Å². The molecule has 0 aliphatic rings. The number of hydrogen-bond acceptors (Lipinski definition) is 3. The van der Waals surface area contributed by atoms with Crippen molar-refractivity contribution in [2.24, 2.45) is 5.92 Å². The lowest BCUT2D eigenvalue weighted by Gasteiger charge is -2.15. The molecule has 3 heteroatoms. The SMILES string of the molecule is CC(C)CNCCCCCCN(C)Cc1ccsc1. The Labute approximate surface area is 123 Å². The summed E-state index contributed by atoms with van der Waals surface area (Å²) in [5, 5.41) is 7.91. The van der Waals surface area contributed by atoms with E-state index in [1.807, 2.05) is 0 Å². The number of thiophene rings is 1. The van der Waals surface area contributed by atoms with Crippen LogP contribution in [0.25, 0.3) is 0 Å². The van der Waals surface area contributed by atoms with Crippen molar-refractivity contribution in [3.8, 4) is 0 Å². The lowest BCUT2D eigenvalue weighted by Crippen LogP contribution is -2.21. The van der Waals surface area contributed by atoms with E-state index in [9.17, 15) is 0 Å². The Morgan fingerprint density at radius 1 is 1.21 bits per heavy atom. The van der Waals surface area contributed by atoms with Crippen LogP contribution in [0.15, 0.2) is 16.8 Å². The summed E-state index contributed by atoms with van der Waals surface area (Å²) in [6, 6.07) is 2.22. The van der Waals surface area contributed by atoms with E-state index in [4.69, 9.17) is 0 Å². The molecule has 2 nitrogen and oxygen atoms in total. The maximum atomic E-state index is 3.50. The zero-order chi connectivity index (χ0) is 13.9. The van der Waals surface area contributed by atoms with Crippen molar-refractivity contribution in [2.45, 2.75) is 46.1 Å². The lowest BCUT2D eigenvalue weighted by atomic mass is 10.1. The first-order valence-corrected chi connectivity index (χ1v) is 8.53. The summed E-state index contributed by atoms with van der Waals surface area (Å²) in [7, 11) is 2.22. The molecule has 1 N–H and O–H groups in total. The second-order valence-electron chi connectivity index (χ2n) is 5.88. The Balaban J connectivity index is 1.87. The largest absolute Gasteiger partial charge is 0.316 e. The molecule has 0 saturated carbocycles. The zero-order valence-corrected chi connectivity index (χ0v) is 13.6. The van der Waals surface area contributed by atoms with Gasteiger partial charge in [0, 0.05) is 6.54 Å². The molecule has 0 radical (unpaired) electrons. The minimum absolute atomic E-state index is 0.769. The van der Waals surface area contributed by atoms with Crippen molar-refractivity contribution in [1.82, 2.24) is 10.2 Å². The fraction of sp³-hybridized carbons (Fsp3) is 0.750. The normalized spacial score (nSPS) is 11.6. The highest BCUT2D eigenvalue weighted by molar-refractivity contribution is 7.07. The van der Waals surface area contributed by atoms with Gasteiger partial charge in [-0.3, -0.25) is 0 Å². The molecule has 0 unspecified atom stereocenters. The molecule has 110 valence electrons. The Kier molecular flexibility index (Phi) is 9.14. The van der Waals surface area contributed by atoms with Crippen molar-refractivity contribution in [3.63, 3.8) is 0 Å². The number of unbranched alkanes of at least 4 members (excludes halogenated alkanes) is 3. The standard InChI is InChI=1S/C16H30N2S/c1-15(2)12-17-9-6-4-5-7-10-18(3)13-16-8-11-19-14-16/h8,11,14-15,17H,4-7,9-10,12-13H2,1-3H3. The van der Waals surface area contributed by atoms with Gasteiger partial charge in [-0.25, -0.2) is 0 Å². The molecule has 1 aromatic heterocycles. The van der Waals surface area contributed by atoms with Crippen LogP contribution in [0, 0.1) is 5.92 Å². The molecular formula is C16H30N2S. The van der Waals surface area contributed by atoms with Gasteiger partial charge in [0.1, 0.15) is 0 Å². The van der Waals surface area contributed by atoms with Gasteiger partial charge in [-0.2, -0.15) is 11.3 Å². The maximum Gasteiger partial charge on any atom is 0.0238 e. The van der Waals surface area contributed by atoms with E-state index in [0.29, 0.717) is 0 Å². The molecule has 19 heavy (non-hydrogen) atoms. The summed E-state index contributed by atoms with van der Waals surface area (Å²) in [6.45, 7) is 9.17. The topological polar surface area (TPSA) is 15.3 Å². The van der Waals surface area contributed by atoms with E-state index in [1.54, 1.807) is 11.3 Å². The second-order valence-corrected chi connectivity index (χ2v) is 6.66. The Morgan fingerprint density at radius 3 is 2.68 bits per heavy atom. The predicted octanol–water partition coefficient (Wildman–Crippen LogP) is 3.99. The van der Waals surface area contributed by atoms with Crippen molar-refractivity contribution >= 4 is 11.3 Å². The summed E-state index contributed by atoms with van der Waals surface area (Å²) < 4.78 is 0. The van der Waals surface area contributed by atoms with Gasteiger partial charge >= 0.3 is 0 Å². The van der Waals surface area contributed by atoms with Crippen LogP contribution in [0.4, 0.5) is 0 Å². The molecule has 0 bridgehead atoms. The van der Waals surface area contributed by atoms with Crippen molar-refractivity contribution in [2.75, 3.05) is 26.7 Å². The van der Waals surface area contributed by atoms with Crippen LogP contribution >= 0.6 is 11.3 Å². The van der Waals surface area contributed by atoms with Crippen LogP contribution in [0.3, 0.4) is 0 Å². The van der Waals surface area contributed by atoms with Crippen molar-refractivity contribution in [1.29, 1.82) is 0 Å². The fourth-order valence-electron chi connectivity index (χ4n) is 2.15. The first-order chi connectivity index (χ1) is 9.18. The first kappa shape index (κ1) is 16.7. The first-order valence-electron chi connectivity index (χ1n) is 7.59. The summed E-state index contributed by atoms with van der Waals surface area (Å²) in [6.07, 6.45) is 5.36. The molecule has 0 saturated heterocycles. The summed E-state index contributed by atoms with van der Waals surface area (Å²) in [4.78, 5) is 2.43. The number of hydrogen-bond donors (Lipinski definition) is 1. The molecule has 0 aliphatic heterocycles. The van der Waals surface area contributed by atoms with Gasteiger partial charge in [0.25, 0.3) is 0 Å². The number of nitrogens with zero attached hydrogens (tertiary/aromatic N) is 1. The monoisotopic (exact) mass is 282 g/mol. The fourth-order valence-corrected chi connectivity index (χ4v) is 2.81. The van der Waals surface area contributed by atoms with E-state index >= 15 is 0 Å². The molecule has 0 fully saturated rings. The minimum Gasteiger partial charge on any atom is -0.316 e. The highest BCUT2D eigenvalue weighted by atomic mass is 32.1. The van der Waals surface area contributed by atoms with Crippen molar-refractivity contribution < 1.29 is 0 Å². The van der Waals surface area contributed by atoms with E-state index in [1.165, 1.54) is 44.3 Å². The van der Waals surface area contributed by atoms with Gasteiger partial charge < -0.3 is 10.2 Å². The van der Waals surface area contributed by atoms with Crippen LogP contribution in [-0.4, -0.2) is 31.6 Å². The van der Waals surface area contributed by atoms with Gasteiger partial charge in [-0.05, 0) is 67.8 Å². The quantitative estimate of drug-likeness (QED) is 0.617. The molecular weight excluding hydrogens is 252 g/mol. The van der Waals surface area contributed by atoms with Gasteiger partial charge in [0.2, 0.25) is 0 Å². The third-order valence-corrected chi connectivity index (χ3v) is 3.96. The molecule has 0 spiro atoms. The Bertz CT molecular complexity index is 296. The number of nitrogens with one attached hydrogen (secondary N) is 1. The summed E-state index contributed by atoms with van der Waals surface area (Å²) in [5.74, 6) is 0.769. The average molecular weight is 282 g/mol. The third-order valence-electron chi connectivity index (χ3n) is 3.23. The molecule has 0 atom stereocenters.